The van der Waals surface area contributed by atoms with Gasteiger partial charge in [0.25, 0.3) is 0 Å². The van der Waals surface area contributed by atoms with E-state index in [0.29, 0.717) is 6.42 Å². The summed E-state index contributed by atoms with van der Waals surface area (Å²) < 4.78 is 4.63. The first-order valence-electron chi connectivity index (χ1n) is 5.02. The zero-order chi connectivity index (χ0) is 12.0. The molecule has 0 aliphatic heterocycles. The lowest BCUT2D eigenvalue weighted by molar-refractivity contribution is -0.144. The van der Waals surface area contributed by atoms with E-state index < -0.39 is 12.0 Å². The monoisotopic (exact) mass is 221 g/mol. The average molecular weight is 221 g/mol. The number of nitrogens with one attached hydrogen (secondary N) is 1. The molecule has 1 amide bonds. The maximum Gasteiger partial charge on any atom is 0.328 e. The zero-order valence-corrected chi connectivity index (χ0v) is 9.40. The fraction of sp³-hybridized carbons (Fsp3) is 0.333. The van der Waals surface area contributed by atoms with Gasteiger partial charge in [-0.25, -0.2) is 4.79 Å². The third-order valence-electron chi connectivity index (χ3n) is 2.15. The van der Waals surface area contributed by atoms with Crippen LogP contribution >= 0.6 is 0 Å². The normalized spacial score (nSPS) is 11.6. The number of esters is 1. The lowest BCUT2D eigenvalue weighted by Gasteiger charge is -2.15. The van der Waals surface area contributed by atoms with Gasteiger partial charge >= 0.3 is 5.97 Å². The molecule has 4 heteroatoms. The van der Waals surface area contributed by atoms with Crippen LogP contribution in [0.1, 0.15) is 12.5 Å². The maximum absolute atomic E-state index is 11.4. The van der Waals surface area contributed by atoms with Crippen LogP contribution in [0.25, 0.3) is 0 Å². The minimum atomic E-state index is -0.620. The molecule has 0 unspecified atom stereocenters. The number of amides is 1. The molecular formula is C12H15NO3. The van der Waals surface area contributed by atoms with E-state index in [4.69, 9.17) is 0 Å². The summed E-state index contributed by atoms with van der Waals surface area (Å²) in [5.74, 6) is -0.676. The second kappa shape index (κ2) is 5.90. The minimum absolute atomic E-state index is 0.244. The van der Waals surface area contributed by atoms with Crippen molar-refractivity contribution in [3.8, 4) is 0 Å². The van der Waals surface area contributed by atoms with Gasteiger partial charge < -0.3 is 10.1 Å². The van der Waals surface area contributed by atoms with Crippen LogP contribution in [0.4, 0.5) is 0 Å². The van der Waals surface area contributed by atoms with Crippen LogP contribution in [-0.2, 0) is 20.7 Å². The molecule has 0 heterocycles. The highest BCUT2D eigenvalue weighted by molar-refractivity contribution is 5.83. The summed E-state index contributed by atoms with van der Waals surface area (Å²) in [6.07, 6.45) is 0.438. The van der Waals surface area contributed by atoms with E-state index in [0.717, 1.165) is 5.56 Å². The fourth-order valence-corrected chi connectivity index (χ4v) is 1.43. The number of hydrogen-bond donors (Lipinski definition) is 1. The summed E-state index contributed by atoms with van der Waals surface area (Å²) in [6, 6.07) is 8.85. The van der Waals surface area contributed by atoms with Crippen LogP contribution in [0, 0.1) is 0 Å². The van der Waals surface area contributed by atoms with Crippen molar-refractivity contribution >= 4 is 11.9 Å². The van der Waals surface area contributed by atoms with Crippen molar-refractivity contribution in [3.63, 3.8) is 0 Å². The summed E-state index contributed by atoms with van der Waals surface area (Å²) in [4.78, 5) is 22.4. The number of benzene rings is 1. The zero-order valence-electron chi connectivity index (χ0n) is 9.40. The van der Waals surface area contributed by atoms with Crippen LogP contribution in [0.5, 0.6) is 0 Å². The highest BCUT2D eigenvalue weighted by Gasteiger charge is 2.20. The quantitative estimate of drug-likeness (QED) is 0.769. The maximum atomic E-state index is 11.4. The molecule has 0 saturated carbocycles. The number of carbonyl (C=O) groups is 2. The molecule has 1 aromatic rings. The first-order chi connectivity index (χ1) is 7.63. The van der Waals surface area contributed by atoms with Crippen molar-refractivity contribution < 1.29 is 14.3 Å². The van der Waals surface area contributed by atoms with Gasteiger partial charge in [-0.2, -0.15) is 0 Å². The Labute approximate surface area is 94.6 Å². The molecule has 0 aromatic heterocycles. The molecule has 0 spiro atoms. The summed E-state index contributed by atoms with van der Waals surface area (Å²) in [6.45, 7) is 1.38. The third-order valence-corrected chi connectivity index (χ3v) is 2.15. The van der Waals surface area contributed by atoms with Crippen molar-refractivity contribution in [1.82, 2.24) is 5.32 Å². The summed E-state index contributed by atoms with van der Waals surface area (Å²) >= 11 is 0. The Hall–Kier alpha value is -1.84. The lowest BCUT2D eigenvalue weighted by atomic mass is 10.1. The molecule has 86 valence electrons. The van der Waals surface area contributed by atoms with Gasteiger partial charge in [-0.05, 0) is 5.56 Å². The molecule has 0 aliphatic carbocycles. The molecular weight excluding hydrogens is 206 g/mol. The summed E-state index contributed by atoms with van der Waals surface area (Å²) in [5.41, 5.74) is 0.978. The number of methoxy groups -OCH3 is 1. The Morgan fingerprint density at radius 2 is 1.94 bits per heavy atom. The fourth-order valence-electron chi connectivity index (χ4n) is 1.43. The molecule has 0 aliphatic rings. The number of rotatable bonds is 4. The van der Waals surface area contributed by atoms with Crippen molar-refractivity contribution in [2.45, 2.75) is 19.4 Å². The molecule has 0 radical (unpaired) electrons. The van der Waals surface area contributed by atoms with Gasteiger partial charge in [0.1, 0.15) is 6.04 Å². The van der Waals surface area contributed by atoms with E-state index in [2.05, 4.69) is 10.1 Å². The van der Waals surface area contributed by atoms with Gasteiger partial charge in [-0.3, -0.25) is 4.79 Å². The van der Waals surface area contributed by atoms with E-state index in [9.17, 15) is 9.59 Å². The Morgan fingerprint density at radius 1 is 1.31 bits per heavy atom. The molecule has 0 fully saturated rings. The Kier molecular flexibility index (Phi) is 4.51. The number of ether oxygens (including phenoxy) is 1. The van der Waals surface area contributed by atoms with Crippen molar-refractivity contribution in [2.24, 2.45) is 0 Å². The predicted octanol–water partition coefficient (Wildman–Crippen LogP) is 0.907. The first-order valence-corrected chi connectivity index (χ1v) is 5.02. The van der Waals surface area contributed by atoms with E-state index in [-0.39, 0.29) is 5.91 Å². The van der Waals surface area contributed by atoms with Gasteiger partial charge in [0.2, 0.25) is 5.91 Å². The summed E-state index contributed by atoms with van der Waals surface area (Å²) in [5, 5.41) is 2.57. The largest absolute Gasteiger partial charge is 0.467 e. The SMILES string of the molecule is COC(=O)[C@H](Cc1ccccc1)NC(C)=O. The highest BCUT2D eigenvalue weighted by atomic mass is 16.5. The molecule has 1 rings (SSSR count). The standard InChI is InChI=1S/C12H15NO3/c1-9(14)13-11(12(15)16-2)8-10-6-4-3-5-7-10/h3-7,11H,8H2,1-2H3,(H,13,14)/t11-/m0/s1. The van der Waals surface area contributed by atoms with Gasteiger partial charge in [-0.15, -0.1) is 0 Å². The molecule has 0 bridgehead atoms. The van der Waals surface area contributed by atoms with E-state index in [1.807, 2.05) is 30.3 Å². The predicted molar refractivity (Wildman–Crippen MR) is 59.8 cm³/mol. The molecule has 1 aromatic carbocycles. The van der Waals surface area contributed by atoms with Gasteiger partial charge in [0.15, 0.2) is 0 Å². The molecule has 1 atom stereocenters. The second-order valence-corrected chi connectivity index (χ2v) is 3.47. The second-order valence-electron chi connectivity index (χ2n) is 3.47. The molecule has 16 heavy (non-hydrogen) atoms. The van der Waals surface area contributed by atoms with E-state index in [1.54, 1.807) is 0 Å². The Balaban J connectivity index is 2.70. The van der Waals surface area contributed by atoms with Gasteiger partial charge in [0, 0.05) is 13.3 Å². The average Bonchev–Trinajstić information content (AvgIpc) is 2.28. The minimum Gasteiger partial charge on any atom is -0.467 e. The van der Waals surface area contributed by atoms with Crippen LogP contribution in [0.3, 0.4) is 0 Å². The first kappa shape index (κ1) is 12.2. The van der Waals surface area contributed by atoms with Crippen LogP contribution < -0.4 is 5.32 Å². The third kappa shape index (κ3) is 3.73. The molecule has 1 N–H and O–H groups in total. The number of hydrogen-bond acceptors (Lipinski definition) is 3. The summed E-state index contributed by atoms with van der Waals surface area (Å²) in [7, 11) is 1.31. The van der Waals surface area contributed by atoms with Crippen LogP contribution in [-0.4, -0.2) is 25.0 Å². The van der Waals surface area contributed by atoms with E-state index in [1.165, 1.54) is 14.0 Å². The van der Waals surface area contributed by atoms with Crippen molar-refractivity contribution in [3.05, 3.63) is 35.9 Å². The Bertz CT molecular complexity index is 362. The highest BCUT2D eigenvalue weighted by Crippen LogP contribution is 2.04. The Morgan fingerprint density at radius 3 is 2.44 bits per heavy atom. The van der Waals surface area contributed by atoms with Gasteiger partial charge in [0.05, 0.1) is 7.11 Å². The van der Waals surface area contributed by atoms with Crippen molar-refractivity contribution in [2.75, 3.05) is 7.11 Å². The topological polar surface area (TPSA) is 55.4 Å². The van der Waals surface area contributed by atoms with E-state index >= 15 is 0 Å². The van der Waals surface area contributed by atoms with Crippen LogP contribution in [0.15, 0.2) is 30.3 Å². The number of carbonyl (C=O) groups excluding carboxylic acids is 2. The lowest BCUT2D eigenvalue weighted by Crippen LogP contribution is -2.41. The van der Waals surface area contributed by atoms with Gasteiger partial charge in [-0.1, -0.05) is 30.3 Å². The smallest absolute Gasteiger partial charge is 0.328 e. The molecule has 4 nitrogen and oxygen atoms in total. The van der Waals surface area contributed by atoms with Crippen molar-refractivity contribution in [1.29, 1.82) is 0 Å². The molecule has 0 saturated heterocycles. The van der Waals surface area contributed by atoms with Crippen LogP contribution in [0.2, 0.25) is 0 Å².